The topological polar surface area (TPSA) is 38.8 Å². The largest absolute Gasteiger partial charge is 0.454 e. The Morgan fingerprint density at radius 2 is 2.04 bits per heavy atom. The molecule has 1 unspecified atom stereocenters. The Labute approximate surface area is 165 Å². The number of hydrogen-bond acceptors (Lipinski definition) is 5. The van der Waals surface area contributed by atoms with E-state index in [-0.39, 0.29) is 18.7 Å². The van der Waals surface area contributed by atoms with Gasteiger partial charge in [-0.3, -0.25) is 4.79 Å². The van der Waals surface area contributed by atoms with Crippen LogP contribution in [0.2, 0.25) is 0 Å². The lowest BCUT2D eigenvalue weighted by Crippen LogP contribution is -2.38. The van der Waals surface area contributed by atoms with Crippen molar-refractivity contribution < 1.29 is 14.3 Å². The van der Waals surface area contributed by atoms with Gasteiger partial charge in [0.25, 0.3) is 0 Å². The smallest absolute Gasteiger partial charge is 0.247 e. The van der Waals surface area contributed by atoms with Crippen LogP contribution in [-0.4, -0.2) is 24.1 Å². The highest BCUT2D eigenvalue weighted by molar-refractivity contribution is 7.10. The van der Waals surface area contributed by atoms with E-state index >= 15 is 0 Å². The van der Waals surface area contributed by atoms with Crippen LogP contribution in [0.3, 0.4) is 0 Å². The maximum atomic E-state index is 13.0. The van der Waals surface area contributed by atoms with Crippen molar-refractivity contribution >= 4 is 34.7 Å². The van der Waals surface area contributed by atoms with Crippen molar-refractivity contribution in [1.29, 1.82) is 0 Å². The molecule has 1 amide bonds. The lowest BCUT2D eigenvalue weighted by Gasteiger charge is -2.34. The quantitative estimate of drug-likeness (QED) is 0.602. The van der Waals surface area contributed by atoms with E-state index in [1.165, 1.54) is 15.3 Å². The fourth-order valence-corrected chi connectivity index (χ4v) is 5.35. The summed E-state index contributed by atoms with van der Waals surface area (Å²) in [6.45, 7) is 0.987. The summed E-state index contributed by atoms with van der Waals surface area (Å²) < 4.78 is 10.7. The molecule has 0 spiro atoms. The first-order chi connectivity index (χ1) is 13.3. The SMILES string of the molecule is O=C(/C=C/c1ccc2c(c1)OCO2)N1CCc2sccc2C1c1cccs1. The predicted octanol–water partition coefficient (Wildman–Crippen LogP) is 4.73. The molecule has 2 aromatic heterocycles. The summed E-state index contributed by atoms with van der Waals surface area (Å²) in [6, 6.07) is 12.0. The van der Waals surface area contributed by atoms with E-state index in [2.05, 4.69) is 22.9 Å². The molecule has 6 heteroatoms. The molecule has 0 saturated carbocycles. The number of fused-ring (bicyclic) bond motifs is 2. The second kappa shape index (κ2) is 6.87. The van der Waals surface area contributed by atoms with Crippen LogP contribution in [-0.2, 0) is 11.2 Å². The molecule has 4 heterocycles. The second-order valence-electron chi connectivity index (χ2n) is 6.44. The van der Waals surface area contributed by atoms with Crippen LogP contribution in [0.15, 0.2) is 53.2 Å². The number of benzene rings is 1. The van der Waals surface area contributed by atoms with Gasteiger partial charge in [-0.2, -0.15) is 0 Å². The van der Waals surface area contributed by atoms with Crippen LogP contribution in [0.1, 0.15) is 26.9 Å². The Morgan fingerprint density at radius 3 is 2.93 bits per heavy atom. The van der Waals surface area contributed by atoms with Gasteiger partial charge in [0.1, 0.15) is 0 Å². The number of amides is 1. The van der Waals surface area contributed by atoms with E-state index in [9.17, 15) is 4.79 Å². The van der Waals surface area contributed by atoms with Gasteiger partial charge in [-0.1, -0.05) is 12.1 Å². The summed E-state index contributed by atoms with van der Waals surface area (Å²) in [4.78, 5) is 17.6. The zero-order chi connectivity index (χ0) is 18.2. The summed E-state index contributed by atoms with van der Waals surface area (Å²) in [5.41, 5.74) is 2.19. The molecular weight excluding hydrogens is 378 g/mol. The summed E-state index contributed by atoms with van der Waals surface area (Å²) in [7, 11) is 0. The van der Waals surface area contributed by atoms with Crippen LogP contribution >= 0.6 is 22.7 Å². The first-order valence-electron chi connectivity index (χ1n) is 8.77. The minimum atomic E-state index is 0.00824. The minimum Gasteiger partial charge on any atom is -0.454 e. The van der Waals surface area contributed by atoms with Crippen molar-refractivity contribution in [2.24, 2.45) is 0 Å². The highest BCUT2D eigenvalue weighted by Crippen LogP contribution is 2.39. The van der Waals surface area contributed by atoms with Crippen molar-refractivity contribution in [3.63, 3.8) is 0 Å². The molecule has 2 aliphatic heterocycles. The van der Waals surface area contributed by atoms with Crippen molar-refractivity contribution in [3.8, 4) is 11.5 Å². The minimum absolute atomic E-state index is 0.00824. The molecule has 1 aromatic carbocycles. The van der Waals surface area contributed by atoms with Crippen LogP contribution in [0.5, 0.6) is 11.5 Å². The Hall–Kier alpha value is -2.57. The molecule has 4 nitrogen and oxygen atoms in total. The first kappa shape index (κ1) is 16.6. The van der Waals surface area contributed by atoms with Crippen LogP contribution < -0.4 is 9.47 Å². The van der Waals surface area contributed by atoms with Gasteiger partial charge in [-0.05, 0) is 58.6 Å². The highest BCUT2D eigenvalue weighted by Gasteiger charge is 2.32. The van der Waals surface area contributed by atoms with Crippen LogP contribution in [0.25, 0.3) is 6.08 Å². The van der Waals surface area contributed by atoms with Crippen LogP contribution in [0, 0.1) is 0 Å². The third kappa shape index (κ3) is 3.05. The Morgan fingerprint density at radius 1 is 1.11 bits per heavy atom. The number of thiophene rings is 2. The molecular formula is C21H17NO3S2. The number of rotatable bonds is 3. The molecule has 3 aromatic rings. The summed E-state index contributed by atoms with van der Waals surface area (Å²) in [5.74, 6) is 1.50. The lowest BCUT2D eigenvalue weighted by molar-refractivity contribution is -0.127. The van der Waals surface area contributed by atoms with Gasteiger partial charge < -0.3 is 14.4 Å². The molecule has 0 saturated heterocycles. The second-order valence-corrected chi connectivity index (χ2v) is 8.42. The molecule has 0 fully saturated rings. The van der Waals surface area contributed by atoms with Gasteiger partial charge in [-0.15, -0.1) is 22.7 Å². The third-order valence-electron chi connectivity index (χ3n) is 4.88. The maximum absolute atomic E-state index is 13.0. The molecule has 5 rings (SSSR count). The van der Waals surface area contributed by atoms with E-state index < -0.39 is 0 Å². The molecule has 0 N–H and O–H groups in total. The number of ether oxygens (including phenoxy) is 2. The van der Waals surface area contributed by atoms with Crippen LogP contribution in [0.4, 0.5) is 0 Å². The molecule has 1 atom stereocenters. The monoisotopic (exact) mass is 395 g/mol. The average molecular weight is 396 g/mol. The fraction of sp³-hybridized carbons (Fsp3) is 0.190. The van der Waals surface area contributed by atoms with Gasteiger partial charge >= 0.3 is 0 Å². The molecule has 2 aliphatic rings. The van der Waals surface area contributed by atoms with Gasteiger partial charge in [0.15, 0.2) is 11.5 Å². The molecule has 27 heavy (non-hydrogen) atoms. The lowest BCUT2D eigenvalue weighted by atomic mass is 9.98. The Kier molecular flexibility index (Phi) is 4.22. The number of carbonyl (C=O) groups excluding carboxylic acids is 1. The normalized spacial score (nSPS) is 18.1. The van der Waals surface area contributed by atoms with Gasteiger partial charge in [0.05, 0.1) is 6.04 Å². The third-order valence-corrected chi connectivity index (χ3v) is 6.80. The van der Waals surface area contributed by atoms with Crippen molar-refractivity contribution in [1.82, 2.24) is 4.90 Å². The summed E-state index contributed by atoms with van der Waals surface area (Å²) >= 11 is 3.49. The van der Waals surface area contributed by atoms with Crippen molar-refractivity contribution in [2.45, 2.75) is 12.5 Å². The van der Waals surface area contributed by atoms with Crippen molar-refractivity contribution in [2.75, 3.05) is 13.3 Å². The number of carbonyl (C=O) groups is 1. The van der Waals surface area contributed by atoms with Gasteiger partial charge in [-0.25, -0.2) is 0 Å². The van der Waals surface area contributed by atoms with E-state index in [1.807, 2.05) is 35.2 Å². The summed E-state index contributed by atoms with van der Waals surface area (Å²) in [5, 5.41) is 4.20. The summed E-state index contributed by atoms with van der Waals surface area (Å²) in [6.07, 6.45) is 4.42. The van der Waals surface area contributed by atoms with Crippen molar-refractivity contribution in [3.05, 3.63) is 74.1 Å². The molecule has 136 valence electrons. The van der Waals surface area contributed by atoms with Gasteiger partial charge in [0.2, 0.25) is 12.7 Å². The van der Waals surface area contributed by atoms with E-state index in [4.69, 9.17) is 9.47 Å². The Balaban J connectivity index is 1.42. The molecule has 0 aliphatic carbocycles. The highest BCUT2D eigenvalue weighted by atomic mass is 32.1. The zero-order valence-electron chi connectivity index (χ0n) is 14.5. The van der Waals surface area contributed by atoms with Gasteiger partial charge in [0, 0.05) is 22.4 Å². The van der Waals surface area contributed by atoms with E-state index in [1.54, 1.807) is 28.7 Å². The fourth-order valence-electron chi connectivity index (χ4n) is 3.59. The predicted molar refractivity (Wildman–Crippen MR) is 107 cm³/mol. The maximum Gasteiger partial charge on any atom is 0.247 e. The number of hydrogen-bond donors (Lipinski definition) is 0. The van der Waals surface area contributed by atoms with E-state index in [0.717, 1.165) is 30.0 Å². The molecule has 0 radical (unpaired) electrons. The zero-order valence-corrected chi connectivity index (χ0v) is 16.1. The Bertz CT molecular complexity index is 1010. The molecule has 0 bridgehead atoms. The first-order valence-corrected chi connectivity index (χ1v) is 10.5. The standard InChI is InChI=1S/C21H17NO3S2/c23-20(6-4-14-3-5-16-17(12-14)25-13-24-16)22-9-7-18-15(8-11-27-18)21(22)19-2-1-10-26-19/h1-6,8,10-12,21H,7,9,13H2/b6-4+. The van der Waals surface area contributed by atoms with E-state index in [0.29, 0.717) is 0 Å². The number of nitrogens with zero attached hydrogens (tertiary/aromatic N) is 1. The average Bonchev–Trinajstić information content (AvgIpc) is 3.45.